The van der Waals surface area contributed by atoms with Crippen molar-refractivity contribution in [2.45, 2.75) is 227 Å². The molecule has 22 heteroatoms. The number of fused-ring (bicyclic) bond motifs is 7. The van der Waals surface area contributed by atoms with Crippen molar-refractivity contribution in [3.63, 3.8) is 0 Å². The van der Waals surface area contributed by atoms with E-state index in [4.69, 9.17) is 47.4 Å². The third-order valence-electron chi connectivity index (χ3n) is 20.0. The molecule has 0 aromatic rings. The summed E-state index contributed by atoms with van der Waals surface area (Å²) in [6.45, 7) is 7.42. The van der Waals surface area contributed by atoms with Crippen molar-refractivity contribution < 1.29 is 109 Å². The number of hydrogen-bond donors (Lipinski definition) is 12. The lowest BCUT2D eigenvalue weighted by atomic mass is 9.44. The average molecular weight is 1040 g/mol. The first-order valence-electron chi connectivity index (χ1n) is 26.7. The van der Waals surface area contributed by atoms with Gasteiger partial charge in [0.15, 0.2) is 30.9 Å². The van der Waals surface area contributed by atoms with E-state index in [1.165, 1.54) is 12.8 Å². The van der Waals surface area contributed by atoms with Crippen LogP contribution in [0.15, 0.2) is 0 Å². The molecule has 4 aliphatic carbocycles. The van der Waals surface area contributed by atoms with E-state index in [0.717, 1.165) is 51.6 Å². The van der Waals surface area contributed by atoms with E-state index < -0.39 is 149 Å². The van der Waals surface area contributed by atoms with Gasteiger partial charge in [0.2, 0.25) is 0 Å². The Morgan fingerprint density at radius 1 is 0.514 bits per heavy atom. The molecule has 12 N–H and O–H groups in total. The van der Waals surface area contributed by atoms with Gasteiger partial charge in [-0.3, -0.25) is 0 Å². The highest BCUT2D eigenvalue weighted by Gasteiger charge is 2.69. The van der Waals surface area contributed by atoms with Gasteiger partial charge in [0.05, 0.1) is 45.2 Å². The highest BCUT2D eigenvalue weighted by molar-refractivity contribution is 5.15. The van der Waals surface area contributed by atoms with Gasteiger partial charge < -0.3 is 109 Å². The van der Waals surface area contributed by atoms with Crippen LogP contribution in [0, 0.1) is 52.3 Å². The molecule has 414 valence electrons. The number of aliphatic hydroxyl groups is 12. The summed E-state index contributed by atoms with van der Waals surface area (Å²) in [6, 6.07) is 0. The topological polar surface area (TPSA) is 335 Å². The molecular weight excluding hydrogens is 953 g/mol. The lowest BCUT2D eigenvalue weighted by Gasteiger charge is -2.61. The van der Waals surface area contributed by atoms with Crippen LogP contribution < -0.4 is 0 Å². The van der Waals surface area contributed by atoms with Gasteiger partial charge in [-0.15, -0.1) is 0 Å². The molecule has 10 rings (SSSR count). The molecule has 22 unspecified atom stereocenters. The largest absolute Gasteiger partial charge is 0.394 e. The summed E-state index contributed by atoms with van der Waals surface area (Å²) < 4.78 is 61.4. The fraction of sp³-hybridized carbons (Fsp3) is 1.00. The monoisotopic (exact) mass is 1030 g/mol. The molecular formula is C50H82O22. The van der Waals surface area contributed by atoms with Crippen LogP contribution in [0.25, 0.3) is 0 Å². The van der Waals surface area contributed by atoms with Gasteiger partial charge in [-0.25, -0.2) is 0 Å². The van der Waals surface area contributed by atoms with Crippen molar-refractivity contribution >= 4 is 0 Å². The predicted octanol–water partition coefficient (Wildman–Crippen LogP) is -2.27. The summed E-state index contributed by atoms with van der Waals surface area (Å²) in [4.78, 5) is 0. The summed E-state index contributed by atoms with van der Waals surface area (Å²) >= 11 is 0. The van der Waals surface area contributed by atoms with E-state index in [1.807, 2.05) is 0 Å². The highest BCUT2D eigenvalue weighted by atomic mass is 16.8. The van der Waals surface area contributed by atoms with Crippen molar-refractivity contribution in [2.24, 2.45) is 52.3 Å². The van der Waals surface area contributed by atoms with Crippen LogP contribution in [0.3, 0.4) is 0 Å². The summed E-state index contributed by atoms with van der Waals surface area (Å²) in [5.74, 6) is 3.06. The fourth-order valence-corrected chi connectivity index (χ4v) is 15.9. The van der Waals surface area contributed by atoms with E-state index in [-0.39, 0.29) is 23.0 Å². The number of rotatable bonds is 11. The molecule has 22 nitrogen and oxygen atoms in total. The van der Waals surface area contributed by atoms with Crippen molar-refractivity contribution in [1.29, 1.82) is 0 Å². The van der Waals surface area contributed by atoms with Crippen LogP contribution in [0.5, 0.6) is 0 Å². The van der Waals surface area contributed by atoms with Crippen LogP contribution in [-0.2, 0) is 47.4 Å². The average Bonchev–Trinajstić information content (AvgIpc) is 3.82. The quantitative estimate of drug-likeness (QED) is 0.0971. The first-order valence-corrected chi connectivity index (χ1v) is 26.7. The Bertz CT molecular complexity index is 1830. The van der Waals surface area contributed by atoms with Crippen molar-refractivity contribution in [2.75, 3.05) is 33.0 Å². The first-order chi connectivity index (χ1) is 34.3. The standard InChI is InChI=1S/C50H82O22/c1-20-7-12-50(64-18-20)21(2)32-28(72-50)14-26-24-6-5-22-13-23(8-10-48(22,3)25(24)9-11-49(26,32)4)65-45-40(62)37(59)41(31(17-53)68-45)69-47-43(71-46-39(61)36(58)34(56)29(15-51)66-46)42(35(57)30(16-52)67-47)70-44-38(60)33(55)27(54)19-63-44/h20-47,51-62H,5-19H2,1-4H3/t20?,21?,22-,23?,24+,25+,26-,27?,28-,29?,30?,31?,32+,33?,34?,35?,36?,37?,38?,39?,40?,41?,42?,43?,44?,45?,46?,47?,48-,49-,50+/m0/s1. The smallest absolute Gasteiger partial charge is 0.187 e. The highest BCUT2D eigenvalue weighted by Crippen LogP contribution is 2.71. The zero-order valence-electron chi connectivity index (χ0n) is 41.7. The van der Waals surface area contributed by atoms with Crippen molar-refractivity contribution in [1.82, 2.24) is 0 Å². The molecule has 10 fully saturated rings. The fourth-order valence-electron chi connectivity index (χ4n) is 15.9. The van der Waals surface area contributed by atoms with E-state index in [0.29, 0.717) is 47.8 Å². The molecule has 6 heterocycles. The Morgan fingerprint density at radius 2 is 1.14 bits per heavy atom. The molecule has 6 saturated heterocycles. The maximum atomic E-state index is 11.8. The second-order valence-corrected chi connectivity index (χ2v) is 23.9. The van der Waals surface area contributed by atoms with Crippen LogP contribution in [0.1, 0.15) is 91.9 Å². The van der Waals surface area contributed by atoms with Crippen LogP contribution in [-0.4, -0.2) is 229 Å². The van der Waals surface area contributed by atoms with Gasteiger partial charge in [-0.1, -0.05) is 27.7 Å². The Hall–Kier alpha value is -0.880. The predicted molar refractivity (Wildman–Crippen MR) is 242 cm³/mol. The van der Waals surface area contributed by atoms with Gasteiger partial charge in [0.1, 0.15) is 91.6 Å². The number of hydrogen-bond acceptors (Lipinski definition) is 22. The van der Waals surface area contributed by atoms with Gasteiger partial charge >= 0.3 is 0 Å². The molecule has 31 atom stereocenters. The van der Waals surface area contributed by atoms with Crippen molar-refractivity contribution in [3.05, 3.63) is 0 Å². The summed E-state index contributed by atoms with van der Waals surface area (Å²) in [7, 11) is 0. The Labute approximate surface area is 419 Å². The maximum Gasteiger partial charge on any atom is 0.187 e. The minimum absolute atomic E-state index is 0.0916. The van der Waals surface area contributed by atoms with Crippen molar-refractivity contribution in [3.8, 4) is 0 Å². The van der Waals surface area contributed by atoms with Crippen LogP contribution in [0.2, 0.25) is 0 Å². The summed E-state index contributed by atoms with van der Waals surface area (Å²) in [6.07, 6.45) is -22.9. The molecule has 0 aromatic heterocycles. The normalized spacial score (nSPS) is 57.8. The lowest BCUT2D eigenvalue weighted by molar-refractivity contribution is -0.404. The molecule has 72 heavy (non-hydrogen) atoms. The first kappa shape index (κ1) is 54.5. The van der Waals surface area contributed by atoms with E-state index in [1.54, 1.807) is 0 Å². The molecule has 6 aliphatic heterocycles. The van der Waals surface area contributed by atoms with Crippen LogP contribution >= 0.6 is 0 Å². The maximum absolute atomic E-state index is 11.8. The molecule has 0 bridgehead atoms. The Kier molecular flexibility index (Phi) is 15.9. The second-order valence-electron chi connectivity index (χ2n) is 23.9. The molecule has 1 spiro atoms. The SMILES string of the molecule is CC1CC[C@@]2(OC1)O[C@H]1C[C@H]3[C@@H]4CC[C@H]5CC(OC6OC(CO)C(OC7OC(CO)C(O)C(OC8OCC(O)C(O)C8O)C7OC7OC(CO)C(O)C(O)C7O)C(O)C6O)CC[C@]5(C)[C@@H]4CC[C@]3(C)[C@@H]1C2C. The Balaban J connectivity index is 0.812. The van der Waals surface area contributed by atoms with E-state index in [2.05, 4.69) is 27.7 Å². The third-order valence-corrected chi connectivity index (χ3v) is 20.0. The number of aliphatic hydroxyl groups excluding tert-OH is 12. The zero-order valence-corrected chi connectivity index (χ0v) is 41.7. The van der Waals surface area contributed by atoms with Gasteiger partial charge in [-0.2, -0.15) is 0 Å². The second kappa shape index (κ2) is 21.1. The van der Waals surface area contributed by atoms with Gasteiger partial charge in [-0.05, 0) is 104 Å². The van der Waals surface area contributed by atoms with Gasteiger partial charge in [0.25, 0.3) is 0 Å². The Morgan fingerprint density at radius 3 is 1.85 bits per heavy atom. The molecule has 4 saturated carbocycles. The van der Waals surface area contributed by atoms with Gasteiger partial charge in [0, 0.05) is 12.3 Å². The molecule has 0 radical (unpaired) electrons. The lowest BCUT2D eigenvalue weighted by Crippen LogP contribution is -2.68. The minimum atomic E-state index is -2.00. The molecule has 10 aliphatic rings. The van der Waals surface area contributed by atoms with E-state index in [9.17, 15) is 61.3 Å². The minimum Gasteiger partial charge on any atom is -0.394 e. The number of ether oxygens (including phenoxy) is 10. The summed E-state index contributed by atoms with van der Waals surface area (Å²) in [5, 5.41) is 129. The third kappa shape index (κ3) is 9.26. The van der Waals surface area contributed by atoms with Crippen LogP contribution in [0.4, 0.5) is 0 Å². The zero-order chi connectivity index (χ0) is 51.3. The van der Waals surface area contributed by atoms with E-state index >= 15 is 0 Å². The molecule has 0 aromatic carbocycles. The summed E-state index contributed by atoms with van der Waals surface area (Å²) in [5.41, 5.74) is 0.293. The molecule has 0 amide bonds.